The van der Waals surface area contributed by atoms with Gasteiger partial charge in [-0.1, -0.05) is 0 Å². The monoisotopic (exact) mass is 289 g/mol. The molecule has 112 valence electrons. The molecule has 2 N–H and O–H groups in total. The molecule has 0 spiro atoms. The number of hydrogen-bond acceptors (Lipinski definition) is 4. The maximum Gasteiger partial charge on any atom is 0.125 e. The minimum atomic E-state index is -0.286. The molecule has 0 atom stereocenters. The highest BCUT2D eigenvalue weighted by molar-refractivity contribution is 5.67. The number of hydrogen-bond donors (Lipinski definition) is 1. The standard InChI is InChI=1S/C15H20FN5/c1-19-10-12(9-18-19)11-20-4-6-21(7-5-20)15-3-2-13(16)8-14(15)17/h2-3,8-10H,4-7,11,17H2,1H3. The van der Waals surface area contributed by atoms with Crippen LogP contribution in [-0.2, 0) is 13.6 Å². The number of aryl methyl sites for hydroxylation is 1. The maximum absolute atomic E-state index is 13.1. The van der Waals surface area contributed by atoms with E-state index in [1.165, 1.54) is 17.7 Å². The van der Waals surface area contributed by atoms with Crippen molar-refractivity contribution in [3.63, 3.8) is 0 Å². The molecule has 1 aliphatic rings. The average Bonchev–Trinajstić information content (AvgIpc) is 2.85. The van der Waals surface area contributed by atoms with E-state index in [9.17, 15) is 4.39 Å². The number of aromatic nitrogens is 2. The topological polar surface area (TPSA) is 50.3 Å². The van der Waals surface area contributed by atoms with Crippen molar-refractivity contribution in [3.8, 4) is 0 Å². The summed E-state index contributed by atoms with van der Waals surface area (Å²) in [5, 5.41) is 4.19. The van der Waals surface area contributed by atoms with Gasteiger partial charge in [0.1, 0.15) is 5.82 Å². The van der Waals surface area contributed by atoms with Gasteiger partial charge in [0.2, 0.25) is 0 Å². The van der Waals surface area contributed by atoms with Gasteiger partial charge in [0.05, 0.1) is 17.6 Å². The zero-order chi connectivity index (χ0) is 14.8. The molecule has 1 saturated heterocycles. The fourth-order valence-electron chi connectivity index (χ4n) is 2.77. The molecule has 2 heterocycles. The molecule has 21 heavy (non-hydrogen) atoms. The number of halogens is 1. The Morgan fingerprint density at radius 1 is 1.24 bits per heavy atom. The van der Waals surface area contributed by atoms with Gasteiger partial charge in [-0.3, -0.25) is 9.58 Å². The molecule has 0 saturated carbocycles. The summed E-state index contributed by atoms with van der Waals surface area (Å²) in [7, 11) is 1.93. The van der Waals surface area contributed by atoms with Gasteiger partial charge in [0, 0.05) is 51.5 Å². The number of rotatable bonds is 3. The predicted molar refractivity (Wildman–Crippen MR) is 81.5 cm³/mol. The Hall–Kier alpha value is -2.08. The van der Waals surface area contributed by atoms with Crippen molar-refractivity contribution < 1.29 is 4.39 Å². The molecule has 0 bridgehead atoms. The summed E-state index contributed by atoms with van der Waals surface area (Å²) in [5.41, 5.74) is 8.57. The molecule has 5 nitrogen and oxygen atoms in total. The summed E-state index contributed by atoms with van der Waals surface area (Å²) in [6, 6.07) is 4.62. The fourth-order valence-corrected chi connectivity index (χ4v) is 2.77. The number of anilines is 2. The van der Waals surface area contributed by atoms with Crippen LogP contribution in [0.1, 0.15) is 5.56 Å². The smallest absolute Gasteiger partial charge is 0.125 e. The number of benzene rings is 1. The van der Waals surface area contributed by atoms with E-state index in [0.717, 1.165) is 38.4 Å². The molecule has 0 aliphatic carbocycles. The lowest BCUT2D eigenvalue weighted by Gasteiger charge is -2.36. The van der Waals surface area contributed by atoms with Crippen molar-refractivity contribution in [2.45, 2.75) is 6.54 Å². The van der Waals surface area contributed by atoms with Crippen LogP contribution in [0.25, 0.3) is 0 Å². The lowest BCUT2D eigenvalue weighted by Crippen LogP contribution is -2.46. The zero-order valence-electron chi connectivity index (χ0n) is 12.2. The van der Waals surface area contributed by atoms with Gasteiger partial charge in [-0.05, 0) is 18.2 Å². The summed E-state index contributed by atoms with van der Waals surface area (Å²) in [4.78, 5) is 4.61. The lowest BCUT2D eigenvalue weighted by atomic mass is 10.2. The lowest BCUT2D eigenvalue weighted by molar-refractivity contribution is 0.250. The highest BCUT2D eigenvalue weighted by Crippen LogP contribution is 2.25. The van der Waals surface area contributed by atoms with Gasteiger partial charge in [0.25, 0.3) is 0 Å². The minimum Gasteiger partial charge on any atom is -0.397 e. The van der Waals surface area contributed by atoms with E-state index in [4.69, 9.17) is 5.73 Å². The van der Waals surface area contributed by atoms with Crippen LogP contribution in [0.5, 0.6) is 0 Å². The normalized spacial score (nSPS) is 16.4. The molecule has 0 radical (unpaired) electrons. The fraction of sp³-hybridized carbons (Fsp3) is 0.400. The van der Waals surface area contributed by atoms with Gasteiger partial charge in [-0.2, -0.15) is 5.10 Å². The largest absolute Gasteiger partial charge is 0.397 e. The molecule has 1 aromatic heterocycles. The first-order valence-electron chi connectivity index (χ1n) is 7.11. The Labute approximate surface area is 123 Å². The summed E-state index contributed by atoms with van der Waals surface area (Å²) in [6.45, 7) is 4.64. The molecule has 0 amide bonds. The highest BCUT2D eigenvalue weighted by atomic mass is 19.1. The Balaban J connectivity index is 1.59. The number of nitrogens with zero attached hydrogens (tertiary/aromatic N) is 4. The predicted octanol–water partition coefficient (Wildman–Crippen LogP) is 1.46. The van der Waals surface area contributed by atoms with Gasteiger partial charge in [-0.25, -0.2) is 4.39 Å². The van der Waals surface area contributed by atoms with Crippen LogP contribution in [-0.4, -0.2) is 40.9 Å². The van der Waals surface area contributed by atoms with Crippen LogP contribution >= 0.6 is 0 Å². The SMILES string of the molecule is Cn1cc(CN2CCN(c3ccc(F)cc3N)CC2)cn1. The molecule has 3 rings (SSSR count). The minimum absolute atomic E-state index is 0.286. The summed E-state index contributed by atoms with van der Waals surface area (Å²) in [5.74, 6) is -0.286. The van der Waals surface area contributed by atoms with Crippen LogP contribution < -0.4 is 10.6 Å². The second-order valence-corrected chi connectivity index (χ2v) is 5.49. The molecule has 2 aromatic rings. The van der Waals surface area contributed by atoms with E-state index in [0.29, 0.717) is 5.69 Å². The first-order valence-corrected chi connectivity index (χ1v) is 7.11. The second-order valence-electron chi connectivity index (χ2n) is 5.49. The van der Waals surface area contributed by atoms with Crippen LogP contribution in [0.15, 0.2) is 30.6 Å². The average molecular weight is 289 g/mol. The molecule has 1 aromatic carbocycles. The van der Waals surface area contributed by atoms with E-state index in [1.807, 2.05) is 24.1 Å². The van der Waals surface area contributed by atoms with E-state index >= 15 is 0 Å². The molecule has 1 fully saturated rings. The number of nitrogen functional groups attached to an aromatic ring is 1. The maximum atomic E-state index is 13.1. The Bertz CT molecular complexity index is 616. The van der Waals surface area contributed by atoms with Crippen LogP contribution in [0.3, 0.4) is 0 Å². The van der Waals surface area contributed by atoms with E-state index in [1.54, 1.807) is 6.07 Å². The second kappa shape index (κ2) is 5.73. The first kappa shape index (κ1) is 13.9. The third kappa shape index (κ3) is 3.16. The van der Waals surface area contributed by atoms with E-state index in [-0.39, 0.29) is 5.82 Å². The van der Waals surface area contributed by atoms with Gasteiger partial charge in [-0.15, -0.1) is 0 Å². The van der Waals surface area contributed by atoms with Crippen molar-refractivity contribution in [1.82, 2.24) is 14.7 Å². The number of nitrogens with two attached hydrogens (primary N) is 1. The van der Waals surface area contributed by atoms with Gasteiger partial charge < -0.3 is 10.6 Å². The Morgan fingerprint density at radius 3 is 2.62 bits per heavy atom. The quantitative estimate of drug-likeness (QED) is 0.869. The summed E-state index contributed by atoms with van der Waals surface area (Å²) < 4.78 is 14.9. The van der Waals surface area contributed by atoms with Crippen LogP contribution in [0, 0.1) is 5.82 Å². The van der Waals surface area contributed by atoms with Crippen molar-refractivity contribution in [2.24, 2.45) is 7.05 Å². The van der Waals surface area contributed by atoms with Crippen molar-refractivity contribution in [3.05, 3.63) is 42.0 Å². The first-order chi connectivity index (χ1) is 10.1. The molecule has 1 aliphatic heterocycles. The van der Waals surface area contributed by atoms with E-state index < -0.39 is 0 Å². The van der Waals surface area contributed by atoms with Crippen molar-refractivity contribution in [2.75, 3.05) is 36.8 Å². The highest BCUT2D eigenvalue weighted by Gasteiger charge is 2.19. The number of piperazine rings is 1. The third-order valence-electron chi connectivity index (χ3n) is 3.87. The Kier molecular flexibility index (Phi) is 3.79. The molecular weight excluding hydrogens is 269 g/mol. The summed E-state index contributed by atoms with van der Waals surface area (Å²) in [6.07, 6.45) is 3.95. The van der Waals surface area contributed by atoms with Crippen LogP contribution in [0.4, 0.5) is 15.8 Å². The van der Waals surface area contributed by atoms with Gasteiger partial charge >= 0.3 is 0 Å². The zero-order valence-corrected chi connectivity index (χ0v) is 12.2. The van der Waals surface area contributed by atoms with Crippen LogP contribution in [0.2, 0.25) is 0 Å². The van der Waals surface area contributed by atoms with Gasteiger partial charge in [0.15, 0.2) is 0 Å². The van der Waals surface area contributed by atoms with Crippen molar-refractivity contribution >= 4 is 11.4 Å². The third-order valence-corrected chi connectivity index (χ3v) is 3.87. The molecule has 6 heteroatoms. The summed E-state index contributed by atoms with van der Waals surface area (Å²) >= 11 is 0. The van der Waals surface area contributed by atoms with E-state index in [2.05, 4.69) is 14.9 Å². The Morgan fingerprint density at radius 2 is 2.00 bits per heavy atom. The molecule has 0 unspecified atom stereocenters. The molecular formula is C15H20FN5. The van der Waals surface area contributed by atoms with Crippen molar-refractivity contribution in [1.29, 1.82) is 0 Å².